The Hall–Kier alpha value is -1.58. The zero-order valence-electron chi connectivity index (χ0n) is 6.46. The molecule has 0 spiro atoms. The number of carboxylic acids is 2. The van der Waals surface area contributed by atoms with Crippen LogP contribution in [0.3, 0.4) is 0 Å². The number of hydrogen-bond donors (Lipinski definition) is 0. The Labute approximate surface area is 69.8 Å². The van der Waals surface area contributed by atoms with Crippen LogP contribution in [-0.2, 0) is 9.59 Å². The Morgan fingerprint density at radius 3 is 1.33 bits per heavy atom. The monoisotopic (exact) mass is 168 g/mol. The van der Waals surface area contributed by atoms with E-state index in [1.807, 2.05) is 0 Å². The van der Waals surface area contributed by atoms with Crippen LogP contribution in [0.1, 0.15) is 12.8 Å². The van der Waals surface area contributed by atoms with Crippen LogP contribution in [0, 0.1) is 0 Å². The van der Waals surface area contributed by atoms with Crippen LogP contribution in [0.15, 0.2) is 24.3 Å². The van der Waals surface area contributed by atoms with Gasteiger partial charge in [0.05, 0.1) is 11.9 Å². The summed E-state index contributed by atoms with van der Waals surface area (Å²) in [6.07, 6.45) is 0.0459. The summed E-state index contributed by atoms with van der Waals surface area (Å²) in [5.74, 6) is -2.75. The fourth-order valence-electron chi connectivity index (χ4n) is 0.506. The van der Waals surface area contributed by atoms with Gasteiger partial charge in [0.15, 0.2) is 0 Å². The van der Waals surface area contributed by atoms with Gasteiger partial charge in [0, 0.05) is 0 Å². The summed E-state index contributed by atoms with van der Waals surface area (Å²) in [6.45, 7) is 6.34. The number of hydrogen-bond acceptors (Lipinski definition) is 4. The molecule has 0 aliphatic rings. The van der Waals surface area contributed by atoms with Crippen molar-refractivity contribution in [3.05, 3.63) is 24.3 Å². The summed E-state index contributed by atoms with van der Waals surface area (Å²) < 4.78 is 0. The van der Waals surface area contributed by atoms with Gasteiger partial charge in [0.1, 0.15) is 0 Å². The fraction of sp³-hybridized carbons (Fsp3) is 0.250. The van der Waals surface area contributed by atoms with Crippen LogP contribution < -0.4 is 10.2 Å². The quantitative estimate of drug-likeness (QED) is 0.462. The van der Waals surface area contributed by atoms with E-state index in [0.717, 1.165) is 0 Å². The van der Waals surface area contributed by atoms with Crippen molar-refractivity contribution in [2.75, 3.05) is 0 Å². The second kappa shape index (κ2) is 4.33. The first-order chi connectivity index (χ1) is 5.45. The number of carbonyl (C=O) groups excluding carboxylic acids is 2. The van der Waals surface area contributed by atoms with E-state index in [1.54, 1.807) is 0 Å². The summed E-state index contributed by atoms with van der Waals surface area (Å²) in [5, 5.41) is 20.2. The zero-order valence-corrected chi connectivity index (χ0v) is 6.46. The molecule has 0 rings (SSSR count). The van der Waals surface area contributed by atoms with E-state index in [9.17, 15) is 19.8 Å². The highest BCUT2D eigenvalue weighted by molar-refractivity contribution is 5.86. The molecule has 66 valence electrons. The number of aliphatic carboxylic acids is 2. The van der Waals surface area contributed by atoms with Gasteiger partial charge in [-0.05, 0) is 24.0 Å². The predicted molar refractivity (Wildman–Crippen MR) is 37.5 cm³/mol. The van der Waals surface area contributed by atoms with Crippen molar-refractivity contribution in [3.8, 4) is 0 Å². The van der Waals surface area contributed by atoms with E-state index < -0.39 is 11.9 Å². The molecule has 0 saturated heterocycles. The van der Waals surface area contributed by atoms with Crippen LogP contribution in [0.25, 0.3) is 0 Å². The summed E-state index contributed by atoms with van der Waals surface area (Å²) in [6, 6.07) is 0. The molecule has 0 amide bonds. The maximum atomic E-state index is 10.1. The van der Waals surface area contributed by atoms with E-state index in [-0.39, 0.29) is 24.0 Å². The van der Waals surface area contributed by atoms with Crippen molar-refractivity contribution < 1.29 is 19.8 Å². The number of carboxylic acid groups (broad SMARTS) is 2. The van der Waals surface area contributed by atoms with Crippen LogP contribution in [0.4, 0.5) is 0 Å². The van der Waals surface area contributed by atoms with Gasteiger partial charge in [0.25, 0.3) is 0 Å². The Kier molecular flexibility index (Phi) is 3.76. The summed E-state index contributed by atoms with van der Waals surface area (Å²) >= 11 is 0. The van der Waals surface area contributed by atoms with Crippen molar-refractivity contribution in [1.29, 1.82) is 0 Å². The van der Waals surface area contributed by atoms with Crippen molar-refractivity contribution in [2.24, 2.45) is 0 Å². The first-order valence-corrected chi connectivity index (χ1v) is 3.23. The topological polar surface area (TPSA) is 80.3 Å². The van der Waals surface area contributed by atoms with Gasteiger partial charge in [0.2, 0.25) is 0 Å². The molecule has 0 bridgehead atoms. The highest BCUT2D eigenvalue weighted by Gasteiger charge is 1.98. The molecule has 12 heavy (non-hydrogen) atoms. The highest BCUT2D eigenvalue weighted by Crippen LogP contribution is 2.07. The van der Waals surface area contributed by atoms with Gasteiger partial charge >= 0.3 is 0 Å². The van der Waals surface area contributed by atoms with Gasteiger partial charge in [-0.3, -0.25) is 0 Å². The molecule has 0 aromatic rings. The van der Waals surface area contributed by atoms with Gasteiger partial charge < -0.3 is 19.8 Å². The normalized spacial score (nSPS) is 9.00. The minimum absolute atomic E-state index is 0.0230. The summed E-state index contributed by atoms with van der Waals surface area (Å²) in [4.78, 5) is 20.2. The van der Waals surface area contributed by atoms with E-state index in [2.05, 4.69) is 13.2 Å². The molecular formula is C8H8O4-2. The van der Waals surface area contributed by atoms with Crippen LogP contribution in [0.5, 0.6) is 0 Å². The van der Waals surface area contributed by atoms with Gasteiger partial charge in [-0.25, -0.2) is 0 Å². The lowest BCUT2D eigenvalue weighted by Gasteiger charge is -2.08. The van der Waals surface area contributed by atoms with Crippen molar-refractivity contribution in [2.45, 2.75) is 12.8 Å². The standard InChI is InChI=1S/C8H10O4/c1-5(7(9)10)3-4-6(2)8(11)12/h1-4H2,(H,9,10)(H,11,12)/p-2. The molecule has 4 nitrogen and oxygen atoms in total. The predicted octanol–water partition coefficient (Wildman–Crippen LogP) is -1.62. The maximum Gasteiger partial charge on any atom is 0.0669 e. The zero-order chi connectivity index (χ0) is 9.72. The third-order valence-electron chi connectivity index (χ3n) is 1.31. The van der Waals surface area contributed by atoms with Crippen molar-refractivity contribution in [3.63, 3.8) is 0 Å². The molecule has 0 atom stereocenters. The third kappa shape index (κ3) is 3.55. The molecule has 0 aromatic heterocycles. The van der Waals surface area contributed by atoms with E-state index in [4.69, 9.17) is 0 Å². The maximum absolute atomic E-state index is 10.1. The highest BCUT2D eigenvalue weighted by atomic mass is 16.4. The smallest absolute Gasteiger partial charge is 0.0669 e. The van der Waals surface area contributed by atoms with Crippen molar-refractivity contribution >= 4 is 11.9 Å². The summed E-state index contributed by atoms with van der Waals surface area (Å²) in [7, 11) is 0. The fourth-order valence-corrected chi connectivity index (χ4v) is 0.506. The second-order valence-electron chi connectivity index (χ2n) is 2.28. The molecular weight excluding hydrogens is 160 g/mol. The van der Waals surface area contributed by atoms with E-state index in [0.29, 0.717) is 0 Å². The number of rotatable bonds is 5. The van der Waals surface area contributed by atoms with Crippen LogP contribution in [-0.4, -0.2) is 11.9 Å². The van der Waals surface area contributed by atoms with Gasteiger partial charge in [-0.2, -0.15) is 0 Å². The molecule has 0 unspecified atom stereocenters. The first-order valence-electron chi connectivity index (χ1n) is 3.23. The molecule has 0 radical (unpaired) electrons. The molecule has 0 fully saturated rings. The minimum atomic E-state index is -1.37. The minimum Gasteiger partial charge on any atom is -0.545 e. The lowest BCUT2D eigenvalue weighted by atomic mass is 10.1. The molecule has 0 aliphatic heterocycles. The Morgan fingerprint density at radius 1 is 0.917 bits per heavy atom. The molecule has 0 aliphatic carbocycles. The van der Waals surface area contributed by atoms with Gasteiger partial charge in [-0.15, -0.1) is 0 Å². The lowest BCUT2D eigenvalue weighted by Crippen LogP contribution is -2.26. The van der Waals surface area contributed by atoms with E-state index in [1.165, 1.54) is 0 Å². The average molecular weight is 168 g/mol. The third-order valence-corrected chi connectivity index (χ3v) is 1.31. The molecule has 4 heteroatoms. The first kappa shape index (κ1) is 10.4. The average Bonchev–Trinajstić information content (AvgIpc) is 1.98. The lowest BCUT2D eigenvalue weighted by molar-refractivity contribution is -0.301. The van der Waals surface area contributed by atoms with Crippen molar-refractivity contribution in [1.82, 2.24) is 0 Å². The second-order valence-corrected chi connectivity index (χ2v) is 2.28. The molecule has 0 N–H and O–H groups in total. The largest absolute Gasteiger partial charge is 0.545 e. The number of carbonyl (C=O) groups is 2. The van der Waals surface area contributed by atoms with E-state index >= 15 is 0 Å². The summed E-state index contributed by atoms with van der Waals surface area (Å²) in [5.41, 5.74) is -0.283. The Balaban J connectivity index is 3.85. The molecule has 0 saturated carbocycles. The van der Waals surface area contributed by atoms with Gasteiger partial charge in [-0.1, -0.05) is 13.2 Å². The Bertz CT molecular complexity index is 213. The van der Waals surface area contributed by atoms with Crippen LogP contribution in [0.2, 0.25) is 0 Å². The molecule has 0 aromatic carbocycles. The van der Waals surface area contributed by atoms with Crippen LogP contribution >= 0.6 is 0 Å². The molecule has 0 heterocycles. The SMILES string of the molecule is C=C(CCC(=C)C(=O)[O-])C(=O)[O-]. The Morgan fingerprint density at radius 2 is 1.17 bits per heavy atom.